The molecule has 1 aromatic carbocycles. The fourth-order valence-electron chi connectivity index (χ4n) is 3.69. The Morgan fingerprint density at radius 1 is 1.27 bits per heavy atom. The average Bonchev–Trinajstić information content (AvgIpc) is 3.33. The van der Waals surface area contributed by atoms with Crippen molar-refractivity contribution in [1.29, 1.82) is 0 Å². The molecule has 1 aliphatic carbocycles. The van der Waals surface area contributed by atoms with Crippen molar-refractivity contribution in [1.82, 2.24) is 14.9 Å². The lowest BCUT2D eigenvalue weighted by atomic mass is 10.1. The van der Waals surface area contributed by atoms with Gasteiger partial charge < -0.3 is 15.0 Å². The van der Waals surface area contributed by atoms with Crippen LogP contribution in [0.1, 0.15) is 42.5 Å². The second-order valence-corrected chi connectivity index (χ2v) is 8.71. The van der Waals surface area contributed by atoms with E-state index in [1.165, 1.54) is 13.2 Å². The topological polar surface area (TPSA) is 87.7 Å². The lowest BCUT2D eigenvalue weighted by molar-refractivity contribution is 0.0743. The predicted molar refractivity (Wildman–Crippen MR) is 98.9 cm³/mol. The smallest absolute Gasteiger partial charge is 0.253 e. The second-order valence-electron chi connectivity index (χ2n) is 7.03. The Morgan fingerprint density at radius 2 is 2.00 bits per heavy atom. The van der Waals surface area contributed by atoms with Gasteiger partial charge in [-0.3, -0.25) is 4.79 Å². The van der Waals surface area contributed by atoms with Gasteiger partial charge in [-0.05, 0) is 44.0 Å². The molecule has 1 aromatic rings. The molecule has 1 saturated carbocycles. The first-order chi connectivity index (χ1) is 12.4. The fraction of sp³-hybridized carbons (Fsp3) is 0.611. The first-order valence-electron chi connectivity index (χ1n) is 9.10. The first-order valence-corrected chi connectivity index (χ1v) is 10.6. The number of nitrogens with one attached hydrogen (secondary N) is 2. The number of benzene rings is 1. The molecule has 144 valence electrons. The first kappa shape index (κ1) is 19.1. The molecule has 2 aliphatic rings. The van der Waals surface area contributed by atoms with Crippen LogP contribution < -0.4 is 14.8 Å². The molecule has 3 rings (SSSR count). The van der Waals surface area contributed by atoms with Crippen molar-refractivity contribution in [3.05, 3.63) is 23.8 Å². The van der Waals surface area contributed by atoms with Crippen LogP contribution in [0.5, 0.6) is 5.75 Å². The van der Waals surface area contributed by atoms with Gasteiger partial charge in [-0.15, -0.1) is 0 Å². The van der Waals surface area contributed by atoms with Crippen molar-refractivity contribution in [2.24, 2.45) is 0 Å². The van der Waals surface area contributed by atoms with Crippen molar-refractivity contribution in [2.45, 2.75) is 49.1 Å². The van der Waals surface area contributed by atoms with Crippen LogP contribution in [0.2, 0.25) is 0 Å². The predicted octanol–water partition coefficient (Wildman–Crippen LogP) is 1.35. The van der Waals surface area contributed by atoms with E-state index in [0.29, 0.717) is 5.56 Å². The molecule has 26 heavy (non-hydrogen) atoms. The fourth-order valence-corrected chi connectivity index (χ4v) is 5.19. The van der Waals surface area contributed by atoms with E-state index in [4.69, 9.17) is 4.74 Å². The summed E-state index contributed by atoms with van der Waals surface area (Å²) < 4.78 is 33.7. The third-order valence-corrected chi connectivity index (χ3v) is 6.82. The van der Waals surface area contributed by atoms with Gasteiger partial charge in [0.15, 0.2) is 0 Å². The van der Waals surface area contributed by atoms with E-state index < -0.39 is 10.0 Å². The minimum atomic E-state index is -3.75. The van der Waals surface area contributed by atoms with Crippen LogP contribution in [0, 0.1) is 0 Å². The lowest BCUT2D eigenvalue weighted by Gasteiger charge is -2.24. The average molecular weight is 381 g/mol. The molecule has 1 heterocycles. The number of hydrogen-bond acceptors (Lipinski definition) is 5. The molecule has 1 saturated heterocycles. The minimum Gasteiger partial charge on any atom is -0.495 e. The van der Waals surface area contributed by atoms with Crippen LogP contribution in [0.4, 0.5) is 0 Å². The van der Waals surface area contributed by atoms with E-state index >= 15 is 0 Å². The van der Waals surface area contributed by atoms with E-state index in [0.717, 1.165) is 45.2 Å². The number of likely N-dealkylation sites (N-methyl/N-ethyl adjacent to an activating group) is 1. The number of hydrogen-bond donors (Lipinski definition) is 2. The zero-order chi connectivity index (χ0) is 18.7. The van der Waals surface area contributed by atoms with Crippen molar-refractivity contribution in [3.8, 4) is 5.75 Å². The van der Waals surface area contributed by atoms with Crippen LogP contribution in [0.25, 0.3) is 0 Å². The molecule has 0 bridgehead atoms. The Labute approximate surface area is 155 Å². The normalized spacial score (nSPS) is 21.1. The van der Waals surface area contributed by atoms with Gasteiger partial charge in [0, 0.05) is 31.2 Å². The highest BCUT2D eigenvalue weighted by molar-refractivity contribution is 7.89. The highest BCUT2D eigenvalue weighted by Gasteiger charge is 2.28. The van der Waals surface area contributed by atoms with E-state index in [2.05, 4.69) is 10.0 Å². The molecular weight excluding hydrogens is 354 g/mol. The maximum Gasteiger partial charge on any atom is 0.253 e. The van der Waals surface area contributed by atoms with E-state index in [9.17, 15) is 13.2 Å². The number of rotatable bonds is 6. The van der Waals surface area contributed by atoms with Gasteiger partial charge >= 0.3 is 0 Å². The number of amides is 1. The van der Waals surface area contributed by atoms with Gasteiger partial charge in [0.1, 0.15) is 10.6 Å². The Hall–Kier alpha value is -1.64. The summed E-state index contributed by atoms with van der Waals surface area (Å²) in [6.45, 7) is 1.64. The summed E-state index contributed by atoms with van der Waals surface area (Å²) in [5.41, 5.74) is 0.354. The Balaban J connectivity index is 1.87. The third-order valence-electron chi connectivity index (χ3n) is 5.28. The molecule has 7 nitrogen and oxygen atoms in total. The third kappa shape index (κ3) is 4.02. The van der Waals surface area contributed by atoms with Crippen LogP contribution in [-0.4, -0.2) is 58.6 Å². The molecule has 0 radical (unpaired) electrons. The Bertz CT molecular complexity index is 754. The van der Waals surface area contributed by atoms with Gasteiger partial charge in [0.2, 0.25) is 10.0 Å². The highest BCUT2D eigenvalue weighted by Crippen LogP contribution is 2.28. The van der Waals surface area contributed by atoms with E-state index in [-0.39, 0.29) is 28.6 Å². The Morgan fingerprint density at radius 3 is 2.62 bits per heavy atom. The molecule has 0 spiro atoms. The zero-order valence-electron chi connectivity index (χ0n) is 15.3. The van der Waals surface area contributed by atoms with E-state index in [1.807, 2.05) is 0 Å². The van der Waals surface area contributed by atoms with Crippen LogP contribution in [-0.2, 0) is 10.0 Å². The zero-order valence-corrected chi connectivity index (χ0v) is 16.1. The number of ether oxygens (including phenoxy) is 1. The summed E-state index contributed by atoms with van der Waals surface area (Å²) in [5, 5.41) is 3.23. The summed E-state index contributed by atoms with van der Waals surface area (Å²) in [6.07, 6.45) is 4.65. The van der Waals surface area contributed by atoms with Crippen molar-refractivity contribution < 1.29 is 17.9 Å². The maximum absolute atomic E-state index is 12.8. The molecule has 1 unspecified atom stereocenters. The summed E-state index contributed by atoms with van der Waals surface area (Å²) in [7, 11) is -0.554. The molecule has 1 atom stereocenters. The molecule has 1 amide bonds. The Kier molecular flexibility index (Phi) is 5.84. The molecule has 1 aliphatic heterocycles. The highest BCUT2D eigenvalue weighted by atomic mass is 32.2. The van der Waals surface area contributed by atoms with Crippen molar-refractivity contribution in [2.75, 3.05) is 27.2 Å². The lowest BCUT2D eigenvalue weighted by Crippen LogP contribution is -2.38. The van der Waals surface area contributed by atoms with Crippen molar-refractivity contribution in [3.63, 3.8) is 0 Å². The molecule has 8 heteroatoms. The number of methoxy groups -OCH3 is 1. The number of sulfonamides is 1. The quantitative estimate of drug-likeness (QED) is 0.777. The molecule has 2 N–H and O–H groups in total. The summed E-state index contributed by atoms with van der Waals surface area (Å²) in [6, 6.07) is 4.68. The standard InChI is InChI=1S/C18H27N3O4S/c1-21(15-9-10-19-12-15)18(22)13-7-8-16(25-2)17(11-13)26(23,24)20-14-5-3-4-6-14/h7-8,11,14-15,19-20H,3-6,9-10,12H2,1-2H3. The largest absolute Gasteiger partial charge is 0.495 e. The number of nitrogens with zero attached hydrogens (tertiary/aromatic N) is 1. The monoisotopic (exact) mass is 381 g/mol. The van der Waals surface area contributed by atoms with E-state index in [1.54, 1.807) is 24.1 Å². The van der Waals surface area contributed by atoms with Crippen LogP contribution in [0.15, 0.2) is 23.1 Å². The van der Waals surface area contributed by atoms with Gasteiger partial charge in [0.25, 0.3) is 5.91 Å². The van der Waals surface area contributed by atoms with Gasteiger partial charge in [0.05, 0.1) is 7.11 Å². The number of carbonyl (C=O) groups is 1. The van der Waals surface area contributed by atoms with Crippen LogP contribution >= 0.6 is 0 Å². The SMILES string of the molecule is COc1ccc(C(=O)N(C)C2CCNC2)cc1S(=O)(=O)NC1CCCC1. The van der Waals surface area contributed by atoms with Gasteiger partial charge in [-0.1, -0.05) is 12.8 Å². The van der Waals surface area contributed by atoms with Crippen molar-refractivity contribution >= 4 is 15.9 Å². The minimum absolute atomic E-state index is 0.0238. The summed E-state index contributed by atoms with van der Waals surface area (Å²) in [4.78, 5) is 14.5. The molecule has 0 aromatic heterocycles. The van der Waals surface area contributed by atoms with Crippen LogP contribution in [0.3, 0.4) is 0 Å². The summed E-state index contributed by atoms with van der Waals surface area (Å²) >= 11 is 0. The molecule has 2 fully saturated rings. The van der Waals surface area contributed by atoms with Gasteiger partial charge in [-0.25, -0.2) is 13.1 Å². The maximum atomic E-state index is 12.8. The molecular formula is C18H27N3O4S. The second kappa shape index (κ2) is 7.94. The number of carbonyl (C=O) groups excluding carboxylic acids is 1. The van der Waals surface area contributed by atoms with Gasteiger partial charge in [-0.2, -0.15) is 0 Å². The summed E-state index contributed by atoms with van der Waals surface area (Å²) in [5.74, 6) is 0.0657.